The third kappa shape index (κ3) is 3.94. The van der Waals surface area contributed by atoms with Crippen LogP contribution in [0.5, 0.6) is 0 Å². The molecule has 1 aromatic carbocycles. The number of nitrogens with one attached hydrogen (secondary N) is 1. The lowest BCUT2D eigenvalue weighted by molar-refractivity contribution is -0.119. The van der Waals surface area contributed by atoms with Crippen LogP contribution >= 0.6 is 11.6 Å². The number of carbonyl (C=O) groups is 2. The van der Waals surface area contributed by atoms with Gasteiger partial charge >= 0.3 is 5.97 Å². The molecule has 1 aromatic rings. The topological polar surface area (TPSA) is 92.4 Å². The van der Waals surface area contributed by atoms with Crippen molar-refractivity contribution in [1.29, 1.82) is 0 Å². The van der Waals surface area contributed by atoms with Gasteiger partial charge in [-0.1, -0.05) is 32.4 Å². The molecule has 0 aromatic heterocycles. The highest BCUT2D eigenvalue weighted by Gasteiger charge is 2.27. The average molecular weight is 285 g/mol. The Balaban J connectivity index is 2.89. The van der Waals surface area contributed by atoms with Gasteiger partial charge in [-0.25, -0.2) is 4.79 Å². The van der Waals surface area contributed by atoms with E-state index in [0.717, 1.165) is 0 Å². The number of carboxylic acids is 1. The predicted molar refractivity (Wildman–Crippen MR) is 74.5 cm³/mol. The van der Waals surface area contributed by atoms with Gasteiger partial charge in [-0.05, 0) is 23.6 Å². The number of hydrogen-bond acceptors (Lipinski definition) is 3. The number of hydrogen-bond donors (Lipinski definition) is 3. The van der Waals surface area contributed by atoms with E-state index in [1.54, 1.807) is 0 Å². The van der Waals surface area contributed by atoms with E-state index >= 15 is 0 Å². The first-order valence-electron chi connectivity index (χ1n) is 5.72. The molecule has 0 heterocycles. The van der Waals surface area contributed by atoms with Crippen LogP contribution in [0.15, 0.2) is 18.2 Å². The number of benzene rings is 1. The zero-order valence-corrected chi connectivity index (χ0v) is 11.8. The van der Waals surface area contributed by atoms with E-state index in [4.69, 9.17) is 22.4 Å². The number of carboxylic acid groups (broad SMARTS) is 1. The van der Waals surface area contributed by atoms with Crippen molar-refractivity contribution in [3.8, 4) is 0 Å². The summed E-state index contributed by atoms with van der Waals surface area (Å²) >= 11 is 5.92. The van der Waals surface area contributed by atoms with Crippen molar-refractivity contribution in [2.75, 3.05) is 5.32 Å². The Kier molecular flexibility index (Phi) is 4.55. The summed E-state index contributed by atoms with van der Waals surface area (Å²) in [4.78, 5) is 22.7. The highest BCUT2D eigenvalue weighted by Crippen LogP contribution is 2.25. The van der Waals surface area contributed by atoms with Crippen LogP contribution in [0.4, 0.5) is 5.69 Å². The van der Waals surface area contributed by atoms with Gasteiger partial charge in [0.15, 0.2) is 0 Å². The molecule has 0 spiro atoms. The quantitative estimate of drug-likeness (QED) is 0.794. The molecule has 19 heavy (non-hydrogen) atoms. The normalized spacial score (nSPS) is 12.9. The average Bonchev–Trinajstić information content (AvgIpc) is 2.29. The molecular formula is C13H17ClN2O3. The van der Waals surface area contributed by atoms with E-state index < -0.39 is 12.0 Å². The van der Waals surface area contributed by atoms with E-state index in [-0.39, 0.29) is 21.9 Å². The Morgan fingerprint density at radius 3 is 2.37 bits per heavy atom. The van der Waals surface area contributed by atoms with Crippen LogP contribution in [0, 0.1) is 5.41 Å². The maximum absolute atomic E-state index is 11.9. The largest absolute Gasteiger partial charge is 0.478 e. The standard InChI is InChI=1S/C13H17ClN2O3/c1-13(2,3)10(15)11(17)16-9-5-4-7(12(18)19)6-8(9)14/h4-6,10H,15H2,1-3H3,(H,16,17)(H,18,19)/t10-/m1/s1. The van der Waals surface area contributed by atoms with E-state index in [9.17, 15) is 9.59 Å². The van der Waals surface area contributed by atoms with Crippen LogP contribution in [0.25, 0.3) is 0 Å². The SMILES string of the molecule is CC(C)(C)[C@H](N)C(=O)Nc1ccc(C(=O)O)cc1Cl. The molecule has 0 aliphatic heterocycles. The van der Waals surface area contributed by atoms with Gasteiger partial charge in [0.1, 0.15) is 0 Å². The first-order chi connectivity index (χ1) is 8.62. The summed E-state index contributed by atoms with van der Waals surface area (Å²) in [5.74, 6) is -1.44. The molecule has 5 nitrogen and oxygen atoms in total. The molecule has 0 saturated carbocycles. The zero-order valence-electron chi connectivity index (χ0n) is 11.0. The van der Waals surface area contributed by atoms with E-state index in [1.165, 1.54) is 18.2 Å². The highest BCUT2D eigenvalue weighted by molar-refractivity contribution is 6.34. The van der Waals surface area contributed by atoms with Crippen molar-refractivity contribution in [2.45, 2.75) is 26.8 Å². The molecule has 0 aliphatic rings. The minimum Gasteiger partial charge on any atom is -0.478 e. The molecule has 4 N–H and O–H groups in total. The Bertz CT molecular complexity index is 509. The van der Waals surface area contributed by atoms with Gasteiger partial charge in [0.25, 0.3) is 0 Å². The third-order valence-corrected chi connectivity index (χ3v) is 3.00. The fourth-order valence-corrected chi connectivity index (χ4v) is 1.58. The number of rotatable bonds is 3. The minimum absolute atomic E-state index is 0.0584. The Hall–Kier alpha value is -1.59. The summed E-state index contributed by atoms with van der Waals surface area (Å²) in [6.07, 6.45) is 0. The van der Waals surface area contributed by atoms with Gasteiger partial charge in [-0.2, -0.15) is 0 Å². The van der Waals surface area contributed by atoms with Crippen LogP contribution in [-0.4, -0.2) is 23.0 Å². The fourth-order valence-electron chi connectivity index (χ4n) is 1.35. The van der Waals surface area contributed by atoms with Crippen molar-refractivity contribution in [3.63, 3.8) is 0 Å². The summed E-state index contributed by atoms with van der Waals surface area (Å²) < 4.78 is 0. The lowest BCUT2D eigenvalue weighted by Crippen LogP contribution is -2.45. The Labute approximate surface area is 116 Å². The smallest absolute Gasteiger partial charge is 0.335 e. The minimum atomic E-state index is -1.08. The lowest BCUT2D eigenvalue weighted by Gasteiger charge is -2.26. The molecule has 1 rings (SSSR count). The van der Waals surface area contributed by atoms with Crippen molar-refractivity contribution < 1.29 is 14.7 Å². The summed E-state index contributed by atoms with van der Waals surface area (Å²) in [5, 5.41) is 11.6. The van der Waals surface area contributed by atoms with Crippen LogP contribution < -0.4 is 11.1 Å². The molecule has 0 radical (unpaired) electrons. The van der Waals surface area contributed by atoms with Gasteiger partial charge < -0.3 is 16.2 Å². The second kappa shape index (κ2) is 5.59. The van der Waals surface area contributed by atoms with Crippen LogP contribution in [-0.2, 0) is 4.79 Å². The molecule has 0 fully saturated rings. The number of halogens is 1. The van der Waals surface area contributed by atoms with Gasteiger partial charge in [0.2, 0.25) is 5.91 Å². The highest BCUT2D eigenvalue weighted by atomic mass is 35.5. The molecule has 0 unspecified atom stereocenters. The van der Waals surface area contributed by atoms with E-state index in [2.05, 4.69) is 5.32 Å². The third-order valence-electron chi connectivity index (χ3n) is 2.69. The van der Waals surface area contributed by atoms with Crippen LogP contribution in [0.3, 0.4) is 0 Å². The number of nitrogens with two attached hydrogens (primary N) is 1. The Morgan fingerprint density at radius 2 is 1.95 bits per heavy atom. The molecule has 104 valence electrons. The first-order valence-corrected chi connectivity index (χ1v) is 6.10. The number of carbonyl (C=O) groups excluding carboxylic acids is 1. The van der Waals surface area contributed by atoms with Crippen molar-refractivity contribution in [2.24, 2.45) is 11.1 Å². The first kappa shape index (κ1) is 15.5. The van der Waals surface area contributed by atoms with Crippen LogP contribution in [0.2, 0.25) is 5.02 Å². The number of amides is 1. The lowest BCUT2D eigenvalue weighted by atomic mass is 9.87. The molecule has 6 heteroatoms. The fraction of sp³-hybridized carbons (Fsp3) is 0.385. The van der Waals surface area contributed by atoms with Crippen LogP contribution in [0.1, 0.15) is 31.1 Å². The van der Waals surface area contributed by atoms with E-state index in [1.807, 2.05) is 20.8 Å². The predicted octanol–water partition coefficient (Wildman–Crippen LogP) is 2.35. The van der Waals surface area contributed by atoms with Gasteiger partial charge in [0, 0.05) is 0 Å². The zero-order chi connectivity index (χ0) is 14.8. The second-order valence-corrected chi connectivity index (χ2v) is 5.74. The van der Waals surface area contributed by atoms with E-state index in [0.29, 0.717) is 5.69 Å². The van der Waals surface area contributed by atoms with Crippen molar-refractivity contribution in [1.82, 2.24) is 0 Å². The number of aromatic carboxylic acids is 1. The molecule has 1 atom stereocenters. The molecule has 0 aliphatic carbocycles. The number of anilines is 1. The van der Waals surface area contributed by atoms with Gasteiger partial charge in [-0.3, -0.25) is 4.79 Å². The Morgan fingerprint density at radius 1 is 1.37 bits per heavy atom. The maximum atomic E-state index is 11.9. The molecule has 1 amide bonds. The summed E-state index contributed by atoms with van der Waals surface area (Å²) in [5.41, 5.74) is 5.85. The molecule has 0 bridgehead atoms. The monoisotopic (exact) mass is 284 g/mol. The summed E-state index contributed by atoms with van der Waals surface area (Å²) in [6.45, 7) is 5.56. The molecular weight excluding hydrogens is 268 g/mol. The van der Waals surface area contributed by atoms with Crippen molar-refractivity contribution in [3.05, 3.63) is 28.8 Å². The van der Waals surface area contributed by atoms with Crippen molar-refractivity contribution >= 4 is 29.2 Å². The second-order valence-electron chi connectivity index (χ2n) is 5.33. The maximum Gasteiger partial charge on any atom is 0.335 e. The van der Waals surface area contributed by atoms with Gasteiger partial charge in [-0.15, -0.1) is 0 Å². The molecule has 0 saturated heterocycles. The van der Waals surface area contributed by atoms with Gasteiger partial charge in [0.05, 0.1) is 22.3 Å². The summed E-state index contributed by atoms with van der Waals surface area (Å²) in [7, 11) is 0. The summed E-state index contributed by atoms with van der Waals surface area (Å²) in [6, 6.07) is 3.40.